The number of piperidine rings is 1. The van der Waals surface area contributed by atoms with Gasteiger partial charge in [0.25, 0.3) is 0 Å². The van der Waals surface area contributed by atoms with Crippen LogP contribution in [0.1, 0.15) is 52.9 Å². The van der Waals surface area contributed by atoms with Crippen LogP contribution < -0.4 is 0 Å². The first-order valence-corrected chi connectivity index (χ1v) is 7.41. The van der Waals surface area contributed by atoms with Crippen molar-refractivity contribution in [1.29, 1.82) is 0 Å². The predicted molar refractivity (Wildman–Crippen MR) is 74.7 cm³/mol. The van der Waals surface area contributed by atoms with E-state index in [0.717, 1.165) is 24.8 Å². The highest BCUT2D eigenvalue weighted by atomic mass is 16.4. The smallest absolute Gasteiger partial charge is 0.303 e. The molecular weight excluding hydrogens is 226 g/mol. The third-order valence-corrected chi connectivity index (χ3v) is 3.81. The molecule has 18 heavy (non-hydrogen) atoms. The van der Waals surface area contributed by atoms with Gasteiger partial charge < -0.3 is 10.0 Å². The van der Waals surface area contributed by atoms with Crippen molar-refractivity contribution >= 4 is 5.97 Å². The maximum Gasteiger partial charge on any atom is 0.303 e. The van der Waals surface area contributed by atoms with Crippen LogP contribution in [0.25, 0.3) is 0 Å². The molecule has 1 aliphatic rings. The van der Waals surface area contributed by atoms with Crippen molar-refractivity contribution < 1.29 is 9.90 Å². The van der Waals surface area contributed by atoms with Gasteiger partial charge in [-0.3, -0.25) is 4.79 Å². The normalized spacial score (nSPS) is 23.2. The summed E-state index contributed by atoms with van der Waals surface area (Å²) in [5.74, 6) is 1.47. The third-order valence-electron chi connectivity index (χ3n) is 3.81. The standard InChI is InChI=1S/C15H29NO2/c1-12(2)9-13(3)10-16-8-4-5-14(11-16)6-7-15(17)18/h12-14H,4-11H2,1-3H3,(H,17,18). The van der Waals surface area contributed by atoms with Gasteiger partial charge in [-0.2, -0.15) is 0 Å². The maximum atomic E-state index is 10.6. The Morgan fingerprint density at radius 3 is 2.72 bits per heavy atom. The van der Waals surface area contributed by atoms with Gasteiger partial charge in [-0.15, -0.1) is 0 Å². The third kappa shape index (κ3) is 6.39. The monoisotopic (exact) mass is 255 g/mol. The average molecular weight is 255 g/mol. The lowest BCUT2D eigenvalue weighted by atomic mass is 9.91. The molecule has 0 aromatic heterocycles. The summed E-state index contributed by atoms with van der Waals surface area (Å²) in [6, 6.07) is 0. The lowest BCUT2D eigenvalue weighted by Gasteiger charge is -2.34. The van der Waals surface area contributed by atoms with Gasteiger partial charge in [0, 0.05) is 19.5 Å². The number of carbonyl (C=O) groups is 1. The molecule has 3 heteroatoms. The van der Waals surface area contributed by atoms with Crippen LogP contribution in [0, 0.1) is 17.8 Å². The zero-order valence-electron chi connectivity index (χ0n) is 12.2. The Morgan fingerprint density at radius 2 is 2.11 bits per heavy atom. The average Bonchev–Trinajstić information content (AvgIpc) is 2.25. The summed E-state index contributed by atoms with van der Waals surface area (Å²) in [4.78, 5) is 13.2. The first-order chi connectivity index (χ1) is 8.47. The summed E-state index contributed by atoms with van der Waals surface area (Å²) in [5.41, 5.74) is 0. The van der Waals surface area contributed by atoms with Crippen molar-refractivity contribution in [3.05, 3.63) is 0 Å². The fourth-order valence-corrected chi connectivity index (χ4v) is 3.20. The number of aliphatic carboxylic acids is 1. The Hall–Kier alpha value is -0.570. The molecule has 0 aliphatic carbocycles. The molecule has 1 N–H and O–H groups in total. The van der Waals surface area contributed by atoms with Gasteiger partial charge >= 0.3 is 5.97 Å². The Labute approximate surface area is 112 Å². The van der Waals surface area contributed by atoms with Gasteiger partial charge in [0.1, 0.15) is 0 Å². The van der Waals surface area contributed by atoms with Crippen LogP contribution >= 0.6 is 0 Å². The zero-order chi connectivity index (χ0) is 13.5. The lowest BCUT2D eigenvalue weighted by Crippen LogP contribution is -2.38. The number of hydrogen-bond acceptors (Lipinski definition) is 2. The molecule has 3 nitrogen and oxygen atoms in total. The van der Waals surface area contributed by atoms with Crippen LogP contribution in [-0.2, 0) is 4.79 Å². The Bertz CT molecular complexity index is 253. The molecule has 0 aromatic rings. The molecule has 1 rings (SSSR count). The number of nitrogens with zero attached hydrogens (tertiary/aromatic N) is 1. The van der Waals surface area contributed by atoms with Crippen LogP contribution in [0.15, 0.2) is 0 Å². The summed E-state index contributed by atoms with van der Waals surface area (Å²) < 4.78 is 0. The minimum atomic E-state index is -0.653. The first kappa shape index (κ1) is 15.5. The number of carboxylic acid groups (broad SMARTS) is 1. The first-order valence-electron chi connectivity index (χ1n) is 7.41. The fraction of sp³-hybridized carbons (Fsp3) is 0.933. The van der Waals surface area contributed by atoms with Gasteiger partial charge in [0.2, 0.25) is 0 Å². The maximum absolute atomic E-state index is 10.6. The molecule has 2 unspecified atom stereocenters. The van der Waals surface area contributed by atoms with E-state index < -0.39 is 5.97 Å². The van der Waals surface area contributed by atoms with E-state index in [1.54, 1.807) is 0 Å². The molecule has 1 fully saturated rings. The quantitative estimate of drug-likeness (QED) is 0.759. The van der Waals surface area contributed by atoms with Crippen molar-refractivity contribution in [3.8, 4) is 0 Å². The molecular formula is C15H29NO2. The molecule has 0 spiro atoms. The van der Waals surface area contributed by atoms with Crippen molar-refractivity contribution in [2.45, 2.75) is 52.9 Å². The molecule has 1 saturated heterocycles. The summed E-state index contributed by atoms with van der Waals surface area (Å²) in [6.07, 6.45) is 4.92. The minimum absolute atomic E-state index is 0.333. The van der Waals surface area contributed by atoms with Gasteiger partial charge in [0.05, 0.1) is 0 Å². The van der Waals surface area contributed by atoms with E-state index in [1.165, 1.54) is 32.4 Å². The van der Waals surface area contributed by atoms with E-state index in [9.17, 15) is 4.79 Å². The van der Waals surface area contributed by atoms with E-state index in [1.807, 2.05) is 0 Å². The molecule has 0 saturated carbocycles. The molecule has 1 heterocycles. The van der Waals surface area contributed by atoms with Gasteiger partial charge in [0.15, 0.2) is 0 Å². The fourth-order valence-electron chi connectivity index (χ4n) is 3.20. The second kappa shape index (κ2) is 7.78. The molecule has 0 radical (unpaired) electrons. The minimum Gasteiger partial charge on any atom is -0.481 e. The van der Waals surface area contributed by atoms with Crippen molar-refractivity contribution in [2.24, 2.45) is 17.8 Å². The van der Waals surface area contributed by atoms with Gasteiger partial charge in [-0.1, -0.05) is 20.8 Å². The van der Waals surface area contributed by atoms with Gasteiger partial charge in [-0.25, -0.2) is 0 Å². The van der Waals surface area contributed by atoms with E-state index >= 15 is 0 Å². The number of likely N-dealkylation sites (tertiary alicyclic amines) is 1. The summed E-state index contributed by atoms with van der Waals surface area (Å²) >= 11 is 0. The molecule has 0 amide bonds. The largest absolute Gasteiger partial charge is 0.481 e. The summed E-state index contributed by atoms with van der Waals surface area (Å²) in [5, 5.41) is 8.74. The van der Waals surface area contributed by atoms with Gasteiger partial charge in [-0.05, 0) is 50.0 Å². The highest BCUT2D eigenvalue weighted by Crippen LogP contribution is 2.22. The lowest BCUT2D eigenvalue weighted by molar-refractivity contribution is -0.137. The number of rotatable bonds is 7. The molecule has 1 aliphatic heterocycles. The SMILES string of the molecule is CC(C)CC(C)CN1CCCC(CCC(=O)O)C1. The van der Waals surface area contributed by atoms with Crippen LogP contribution in [0.2, 0.25) is 0 Å². The molecule has 0 bridgehead atoms. The van der Waals surface area contributed by atoms with Crippen molar-refractivity contribution in [1.82, 2.24) is 4.90 Å². The Kier molecular flexibility index (Phi) is 6.69. The Morgan fingerprint density at radius 1 is 1.39 bits per heavy atom. The summed E-state index contributed by atoms with van der Waals surface area (Å²) in [6.45, 7) is 10.4. The van der Waals surface area contributed by atoms with E-state index in [4.69, 9.17) is 5.11 Å². The second-order valence-electron chi connectivity index (χ2n) is 6.43. The van der Waals surface area contributed by atoms with E-state index in [2.05, 4.69) is 25.7 Å². The van der Waals surface area contributed by atoms with Crippen LogP contribution in [0.5, 0.6) is 0 Å². The highest BCUT2D eigenvalue weighted by Gasteiger charge is 2.21. The Balaban J connectivity index is 2.27. The van der Waals surface area contributed by atoms with Crippen molar-refractivity contribution in [2.75, 3.05) is 19.6 Å². The second-order valence-corrected chi connectivity index (χ2v) is 6.43. The number of carboxylic acids is 1. The zero-order valence-corrected chi connectivity index (χ0v) is 12.2. The van der Waals surface area contributed by atoms with Crippen LogP contribution in [-0.4, -0.2) is 35.6 Å². The molecule has 2 atom stereocenters. The molecule has 106 valence electrons. The van der Waals surface area contributed by atoms with Crippen molar-refractivity contribution in [3.63, 3.8) is 0 Å². The van der Waals surface area contributed by atoms with Crippen LogP contribution in [0.4, 0.5) is 0 Å². The van der Waals surface area contributed by atoms with E-state index in [-0.39, 0.29) is 0 Å². The topological polar surface area (TPSA) is 40.5 Å². The summed E-state index contributed by atoms with van der Waals surface area (Å²) in [7, 11) is 0. The number of hydrogen-bond donors (Lipinski definition) is 1. The van der Waals surface area contributed by atoms with Crippen LogP contribution in [0.3, 0.4) is 0 Å². The van der Waals surface area contributed by atoms with E-state index in [0.29, 0.717) is 12.3 Å². The highest BCUT2D eigenvalue weighted by molar-refractivity contribution is 5.66. The molecule has 0 aromatic carbocycles. The predicted octanol–water partition coefficient (Wildman–Crippen LogP) is 3.25.